The number of nitro groups is 1. The highest BCUT2D eigenvalue weighted by molar-refractivity contribution is 5.54. The van der Waals surface area contributed by atoms with Gasteiger partial charge in [-0.3, -0.25) is 14.9 Å². The number of aromatic amines is 1. The number of nitrogens with one attached hydrogen (secondary N) is 1. The summed E-state index contributed by atoms with van der Waals surface area (Å²) in [5, 5.41) is 11.5. The minimum Gasteiger partial charge on any atom is -0.329 e. The zero-order valence-electron chi connectivity index (χ0n) is 9.11. The molecule has 16 heavy (non-hydrogen) atoms. The van der Waals surface area contributed by atoms with Gasteiger partial charge in [0.1, 0.15) is 0 Å². The van der Waals surface area contributed by atoms with Crippen LogP contribution >= 0.6 is 0 Å². The van der Waals surface area contributed by atoms with Crippen LogP contribution in [-0.2, 0) is 0 Å². The summed E-state index contributed by atoms with van der Waals surface area (Å²) in [6, 6.07) is 1.50. The number of hydrogen-bond donors (Lipinski definition) is 1. The molecule has 5 heteroatoms. The molecule has 1 heterocycles. The van der Waals surface area contributed by atoms with Crippen LogP contribution in [0.3, 0.4) is 0 Å². The number of pyridine rings is 1. The average Bonchev–Trinajstić information content (AvgIpc) is 2.16. The first-order valence-electron chi connectivity index (χ1n) is 4.67. The fraction of sp³-hybridized carbons (Fsp3) is 0.182. The molecular weight excluding hydrogens is 208 g/mol. The van der Waals surface area contributed by atoms with Crippen molar-refractivity contribution >= 4 is 11.8 Å². The van der Waals surface area contributed by atoms with Gasteiger partial charge in [0.2, 0.25) is 0 Å². The minimum atomic E-state index is -0.524. The van der Waals surface area contributed by atoms with E-state index in [1.807, 2.05) is 0 Å². The molecule has 0 aliphatic heterocycles. The molecule has 84 valence electrons. The Labute approximate surface area is 91.6 Å². The van der Waals surface area contributed by atoms with Crippen LogP contribution in [-0.4, -0.2) is 9.91 Å². The zero-order chi connectivity index (χ0) is 12.3. The van der Waals surface area contributed by atoms with Gasteiger partial charge in [-0.25, -0.2) is 0 Å². The highest BCUT2D eigenvalue weighted by Crippen LogP contribution is 2.04. The molecule has 0 atom stereocenters. The number of aromatic nitrogens is 1. The summed E-state index contributed by atoms with van der Waals surface area (Å²) in [6.45, 7) is 6.75. The van der Waals surface area contributed by atoms with Crippen LogP contribution < -0.4 is 16.0 Å². The van der Waals surface area contributed by atoms with Gasteiger partial charge in [0.15, 0.2) is 0 Å². The molecule has 1 aromatic rings. The average molecular weight is 220 g/mol. The van der Waals surface area contributed by atoms with Crippen molar-refractivity contribution in [3.05, 3.63) is 55.3 Å². The van der Waals surface area contributed by atoms with Crippen LogP contribution in [0.1, 0.15) is 13.8 Å². The summed E-state index contributed by atoms with van der Waals surface area (Å²) in [7, 11) is 0. The number of hydrogen-bond acceptors (Lipinski definition) is 3. The van der Waals surface area contributed by atoms with E-state index in [9.17, 15) is 14.9 Å². The predicted octanol–water partition coefficient (Wildman–Crippen LogP) is 0.136. The lowest BCUT2D eigenvalue weighted by Gasteiger charge is -1.97. The number of rotatable bonds is 2. The van der Waals surface area contributed by atoms with Crippen molar-refractivity contribution in [3.8, 4) is 0 Å². The third kappa shape index (κ3) is 2.08. The maximum absolute atomic E-state index is 11.5. The molecule has 0 aliphatic rings. The molecule has 0 radical (unpaired) electrons. The first-order valence-corrected chi connectivity index (χ1v) is 4.67. The van der Waals surface area contributed by atoms with E-state index in [1.54, 1.807) is 19.9 Å². The normalized spacial score (nSPS) is 13.5. The van der Waals surface area contributed by atoms with E-state index < -0.39 is 4.92 Å². The molecule has 1 aromatic heterocycles. The molecule has 0 aliphatic carbocycles. The Bertz CT molecular complexity index is 595. The fourth-order valence-corrected chi connectivity index (χ4v) is 1.47. The SMILES string of the molecule is C=C(C)/C(=c1/cc[nH]c(=O)/c1=C/C)[N+](=O)[O-]. The van der Waals surface area contributed by atoms with Gasteiger partial charge in [-0.2, -0.15) is 0 Å². The maximum Gasteiger partial charge on any atom is 0.279 e. The van der Waals surface area contributed by atoms with E-state index in [-0.39, 0.29) is 16.5 Å². The summed E-state index contributed by atoms with van der Waals surface area (Å²) in [6.07, 6.45) is 2.93. The molecule has 0 saturated heterocycles. The monoisotopic (exact) mass is 220 g/mol. The molecular formula is C11H12N2O3. The van der Waals surface area contributed by atoms with Gasteiger partial charge >= 0.3 is 0 Å². The van der Waals surface area contributed by atoms with Crippen molar-refractivity contribution in [1.82, 2.24) is 4.98 Å². The summed E-state index contributed by atoms with van der Waals surface area (Å²) in [4.78, 5) is 24.3. The van der Waals surface area contributed by atoms with Crippen molar-refractivity contribution in [2.45, 2.75) is 13.8 Å². The smallest absolute Gasteiger partial charge is 0.279 e. The summed E-state index contributed by atoms with van der Waals surface area (Å²) in [5.41, 5.74) is -0.154. The van der Waals surface area contributed by atoms with Crippen LogP contribution in [0.15, 0.2) is 29.2 Å². The second-order valence-electron chi connectivity index (χ2n) is 3.31. The molecule has 0 saturated carbocycles. The van der Waals surface area contributed by atoms with Gasteiger partial charge in [0.05, 0.1) is 10.1 Å². The predicted molar refractivity (Wildman–Crippen MR) is 61.7 cm³/mol. The van der Waals surface area contributed by atoms with Crippen LogP contribution in [0, 0.1) is 10.1 Å². The van der Waals surface area contributed by atoms with Gasteiger partial charge < -0.3 is 4.98 Å². The molecule has 0 spiro atoms. The summed E-state index contributed by atoms with van der Waals surface area (Å²) >= 11 is 0. The molecule has 0 amide bonds. The second kappa shape index (κ2) is 4.57. The lowest BCUT2D eigenvalue weighted by Crippen LogP contribution is -2.42. The van der Waals surface area contributed by atoms with E-state index in [1.165, 1.54) is 12.3 Å². The van der Waals surface area contributed by atoms with Crippen molar-refractivity contribution in [2.75, 3.05) is 0 Å². The molecule has 0 bridgehead atoms. The van der Waals surface area contributed by atoms with E-state index in [0.717, 1.165) is 0 Å². The van der Waals surface area contributed by atoms with Crippen LogP contribution in [0.4, 0.5) is 0 Å². The largest absolute Gasteiger partial charge is 0.329 e. The fourth-order valence-electron chi connectivity index (χ4n) is 1.47. The number of H-pyrrole nitrogens is 1. The van der Waals surface area contributed by atoms with E-state index in [0.29, 0.717) is 10.8 Å². The summed E-state index contributed by atoms with van der Waals surface area (Å²) < 4.78 is 0. The minimum absolute atomic E-state index is 0.126. The molecule has 1 N–H and O–H groups in total. The topological polar surface area (TPSA) is 76.0 Å². The quantitative estimate of drug-likeness (QED) is 0.568. The first-order chi connectivity index (χ1) is 7.49. The van der Waals surface area contributed by atoms with Crippen molar-refractivity contribution < 1.29 is 4.92 Å². The standard InChI is InChI=1S/C11H12N2O3/c1-4-8-9(5-6-12-11(8)14)10(7(2)3)13(15)16/h4-6H,2H2,1,3H3,(H,12,14)/b8-4+,10-9+. The molecule has 0 aromatic carbocycles. The van der Waals surface area contributed by atoms with Gasteiger partial charge in [0, 0.05) is 17.0 Å². The highest BCUT2D eigenvalue weighted by Gasteiger charge is 2.13. The molecule has 0 fully saturated rings. The Kier molecular flexibility index (Phi) is 3.40. The Morgan fingerprint density at radius 2 is 2.25 bits per heavy atom. The Balaban J connectivity index is 3.98. The molecule has 0 unspecified atom stereocenters. The van der Waals surface area contributed by atoms with Gasteiger partial charge in [-0.05, 0) is 19.9 Å². The first kappa shape index (κ1) is 11.9. The van der Waals surface area contributed by atoms with E-state index in [4.69, 9.17) is 0 Å². The van der Waals surface area contributed by atoms with Crippen LogP contribution in [0.5, 0.6) is 0 Å². The van der Waals surface area contributed by atoms with Crippen molar-refractivity contribution in [3.63, 3.8) is 0 Å². The van der Waals surface area contributed by atoms with Gasteiger partial charge in [0.25, 0.3) is 11.3 Å². The van der Waals surface area contributed by atoms with E-state index >= 15 is 0 Å². The summed E-state index contributed by atoms with van der Waals surface area (Å²) in [5.74, 6) is 0. The second-order valence-corrected chi connectivity index (χ2v) is 3.31. The van der Waals surface area contributed by atoms with Crippen molar-refractivity contribution in [2.24, 2.45) is 0 Å². The number of nitrogens with zero attached hydrogens (tertiary/aromatic N) is 1. The Morgan fingerprint density at radius 1 is 1.62 bits per heavy atom. The van der Waals surface area contributed by atoms with E-state index in [2.05, 4.69) is 11.6 Å². The lowest BCUT2D eigenvalue weighted by atomic mass is 10.1. The third-order valence-corrected chi connectivity index (χ3v) is 2.13. The highest BCUT2D eigenvalue weighted by atomic mass is 16.6. The Hall–Kier alpha value is -2.17. The third-order valence-electron chi connectivity index (χ3n) is 2.13. The van der Waals surface area contributed by atoms with Crippen LogP contribution in [0.2, 0.25) is 0 Å². The zero-order valence-corrected chi connectivity index (χ0v) is 9.11. The van der Waals surface area contributed by atoms with Crippen LogP contribution in [0.25, 0.3) is 11.8 Å². The molecule has 5 nitrogen and oxygen atoms in total. The van der Waals surface area contributed by atoms with Gasteiger partial charge in [-0.15, -0.1) is 0 Å². The Morgan fingerprint density at radius 3 is 2.69 bits per heavy atom. The van der Waals surface area contributed by atoms with Gasteiger partial charge in [-0.1, -0.05) is 12.7 Å². The van der Waals surface area contributed by atoms with Crippen molar-refractivity contribution in [1.29, 1.82) is 0 Å². The molecule has 1 rings (SSSR count). The maximum atomic E-state index is 11.5. The lowest BCUT2D eigenvalue weighted by molar-refractivity contribution is -0.376.